The second-order valence-electron chi connectivity index (χ2n) is 5.45. The minimum atomic E-state index is -4.02. The standard InChI is InChI=1S/C10H13NOSe.C7H8O3S/c1-7-11(2)9-6-8(12-3)4-5-10(9)13-7;1-6-2-4-7(5-3-6)11(8,9)10/h4-7H,1-3H3;2-5H,1H3,(H,8,9,10). The van der Waals surface area contributed by atoms with Crippen molar-refractivity contribution in [3.05, 3.63) is 48.0 Å². The molecule has 0 amide bonds. The van der Waals surface area contributed by atoms with Crippen LogP contribution in [-0.2, 0) is 10.1 Å². The predicted molar refractivity (Wildman–Crippen MR) is 97.2 cm³/mol. The van der Waals surface area contributed by atoms with Crippen LogP contribution in [0, 0.1) is 6.92 Å². The molecule has 24 heavy (non-hydrogen) atoms. The second kappa shape index (κ2) is 7.57. The number of nitrogens with zero attached hydrogens (tertiary/aromatic N) is 1. The maximum Gasteiger partial charge on any atom is 0.294 e. The average molecular weight is 414 g/mol. The molecule has 0 spiro atoms. The van der Waals surface area contributed by atoms with Crippen LogP contribution in [0.15, 0.2) is 47.4 Å². The molecule has 0 saturated heterocycles. The number of methoxy groups -OCH3 is 1. The molecule has 5 nitrogen and oxygen atoms in total. The number of hydrogen-bond donors (Lipinski definition) is 1. The van der Waals surface area contributed by atoms with Gasteiger partial charge in [-0.1, -0.05) is 17.7 Å². The van der Waals surface area contributed by atoms with Crippen molar-refractivity contribution in [3.63, 3.8) is 0 Å². The van der Waals surface area contributed by atoms with Crippen molar-refractivity contribution in [1.82, 2.24) is 0 Å². The van der Waals surface area contributed by atoms with E-state index in [9.17, 15) is 8.42 Å². The summed E-state index contributed by atoms with van der Waals surface area (Å²) in [5.74, 6) is 0.954. The van der Waals surface area contributed by atoms with Crippen LogP contribution >= 0.6 is 0 Å². The molecule has 130 valence electrons. The van der Waals surface area contributed by atoms with Gasteiger partial charge in [-0.15, -0.1) is 0 Å². The molecule has 0 aromatic heterocycles. The van der Waals surface area contributed by atoms with Crippen LogP contribution in [-0.4, -0.2) is 47.0 Å². The van der Waals surface area contributed by atoms with Crippen molar-refractivity contribution < 1.29 is 17.7 Å². The number of anilines is 1. The summed E-state index contributed by atoms with van der Waals surface area (Å²) in [6.07, 6.45) is 0. The molecular weight excluding hydrogens is 393 g/mol. The maximum absolute atomic E-state index is 10.5. The zero-order valence-corrected chi connectivity index (χ0v) is 16.6. The van der Waals surface area contributed by atoms with Crippen LogP contribution in [0.4, 0.5) is 5.69 Å². The molecule has 7 heteroatoms. The smallest absolute Gasteiger partial charge is 0.282 e. The van der Waals surface area contributed by atoms with Crippen LogP contribution in [0.1, 0.15) is 12.5 Å². The van der Waals surface area contributed by atoms with E-state index in [-0.39, 0.29) is 4.90 Å². The Hall–Kier alpha value is -1.53. The molecule has 0 bridgehead atoms. The molecule has 0 radical (unpaired) electrons. The molecule has 1 heterocycles. The first-order valence-corrected chi connectivity index (χ1v) is 10.6. The fourth-order valence-corrected chi connectivity index (χ4v) is 4.98. The SMILES string of the molecule is COc1ccc2c(c1)N(C)C(C)[Se]2.Cc1ccc(S(=O)(=O)O)cc1. The number of fused-ring (bicyclic) bond motifs is 1. The number of ether oxygens (including phenoxy) is 1. The Morgan fingerprint density at radius 2 is 1.79 bits per heavy atom. The van der Waals surface area contributed by atoms with E-state index < -0.39 is 10.1 Å². The summed E-state index contributed by atoms with van der Waals surface area (Å²) >= 11 is 0.594. The number of aryl methyl sites for hydroxylation is 1. The normalized spacial score (nSPS) is 16.2. The molecule has 2 aromatic carbocycles. The molecule has 1 atom stereocenters. The van der Waals surface area contributed by atoms with Crippen LogP contribution < -0.4 is 14.1 Å². The largest absolute Gasteiger partial charge is 0.294 e. The van der Waals surface area contributed by atoms with Gasteiger partial charge < -0.3 is 0 Å². The van der Waals surface area contributed by atoms with E-state index in [1.807, 2.05) is 13.0 Å². The molecule has 3 rings (SSSR count). The van der Waals surface area contributed by atoms with Crippen LogP contribution in [0.5, 0.6) is 5.75 Å². The molecule has 0 saturated carbocycles. The van der Waals surface area contributed by atoms with E-state index in [0.29, 0.717) is 19.9 Å². The van der Waals surface area contributed by atoms with Gasteiger partial charge in [-0.25, -0.2) is 0 Å². The molecule has 1 aliphatic heterocycles. The Morgan fingerprint density at radius 1 is 1.17 bits per heavy atom. The molecule has 2 aromatic rings. The van der Waals surface area contributed by atoms with Crippen LogP contribution in [0.3, 0.4) is 0 Å². The molecule has 1 unspecified atom stereocenters. The predicted octanol–water partition coefficient (Wildman–Crippen LogP) is 2.06. The Bertz CT molecular complexity index is 806. The van der Waals surface area contributed by atoms with Gasteiger partial charge in [0.2, 0.25) is 0 Å². The number of hydrogen-bond acceptors (Lipinski definition) is 4. The van der Waals surface area contributed by atoms with E-state index in [0.717, 1.165) is 11.3 Å². The Kier molecular flexibility index (Phi) is 5.93. The second-order valence-corrected chi connectivity index (χ2v) is 9.72. The summed E-state index contributed by atoms with van der Waals surface area (Å²) in [7, 11) is -0.156. The van der Waals surface area contributed by atoms with Crippen molar-refractivity contribution >= 4 is 35.2 Å². The molecular formula is C17H21NO4SSe. The van der Waals surface area contributed by atoms with Crippen molar-refractivity contribution in [2.24, 2.45) is 0 Å². The third-order valence-corrected chi connectivity index (χ3v) is 7.21. The van der Waals surface area contributed by atoms with E-state index in [1.165, 1.54) is 22.3 Å². The number of rotatable bonds is 2. The van der Waals surface area contributed by atoms with Crippen LogP contribution in [0.2, 0.25) is 0 Å². The van der Waals surface area contributed by atoms with E-state index in [4.69, 9.17) is 9.29 Å². The fourth-order valence-electron chi connectivity index (χ4n) is 2.17. The van der Waals surface area contributed by atoms with Crippen molar-refractivity contribution in [2.45, 2.75) is 23.7 Å². The van der Waals surface area contributed by atoms with Gasteiger partial charge in [-0.3, -0.25) is 4.55 Å². The molecule has 1 N–H and O–H groups in total. The summed E-state index contributed by atoms with van der Waals surface area (Å²) in [5.41, 5.74) is 2.30. The number of benzene rings is 2. The van der Waals surface area contributed by atoms with Crippen molar-refractivity contribution in [1.29, 1.82) is 0 Å². The van der Waals surface area contributed by atoms with Gasteiger partial charge in [0.15, 0.2) is 0 Å². The van der Waals surface area contributed by atoms with E-state index >= 15 is 0 Å². The van der Waals surface area contributed by atoms with E-state index in [1.54, 1.807) is 19.2 Å². The summed E-state index contributed by atoms with van der Waals surface area (Å²) in [6, 6.07) is 12.3. The fraction of sp³-hybridized carbons (Fsp3) is 0.294. The first-order valence-electron chi connectivity index (χ1n) is 7.34. The van der Waals surface area contributed by atoms with Gasteiger partial charge in [-0.2, -0.15) is 8.42 Å². The maximum atomic E-state index is 10.5. The van der Waals surface area contributed by atoms with Crippen LogP contribution in [0.25, 0.3) is 0 Å². The third-order valence-electron chi connectivity index (χ3n) is 3.71. The Morgan fingerprint density at radius 3 is 2.33 bits per heavy atom. The molecule has 1 aliphatic rings. The first-order chi connectivity index (χ1) is 11.2. The quantitative estimate of drug-likeness (QED) is 0.602. The summed E-state index contributed by atoms with van der Waals surface area (Å²) < 4.78 is 36.2. The van der Waals surface area contributed by atoms with Gasteiger partial charge >= 0.3 is 84.7 Å². The Balaban J connectivity index is 0.000000177. The van der Waals surface area contributed by atoms with Crippen molar-refractivity contribution in [3.8, 4) is 5.75 Å². The molecule has 0 fully saturated rings. The van der Waals surface area contributed by atoms with Gasteiger partial charge in [0.1, 0.15) is 0 Å². The van der Waals surface area contributed by atoms with Gasteiger partial charge in [0.25, 0.3) is 10.1 Å². The summed E-state index contributed by atoms with van der Waals surface area (Å²) in [6.45, 7) is 4.11. The molecule has 0 aliphatic carbocycles. The third kappa shape index (κ3) is 4.51. The monoisotopic (exact) mass is 415 g/mol. The van der Waals surface area contributed by atoms with Crippen molar-refractivity contribution in [2.75, 3.05) is 19.1 Å². The summed E-state index contributed by atoms with van der Waals surface area (Å²) in [5, 5.41) is 0. The Labute approximate surface area is 149 Å². The summed E-state index contributed by atoms with van der Waals surface area (Å²) in [4.78, 5) is 2.94. The van der Waals surface area contributed by atoms with Gasteiger partial charge in [0, 0.05) is 0 Å². The van der Waals surface area contributed by atoms with Gasteiger partial charge in [-0.05, 0) is 19.1 Å². The minimum Gasteiger partial charge on any atom is -0.282 e. The minimum absolute atomic E-state index is 0.0666. The first kappa shape index (κ1) is 18.8. The average Bonchev–Trinajstić information content (AvgIpc) is 2.82. The zero-order chi connectivity index (χ0) is 17.9. The van der Waals surface area contributed by atoms with E-state index in [2.05, 4.69) is 31.0 Å². The topological polar surface area (TPSA) is 66.8 Å². The zero-order valence-electron chi connectivity index (χ0n) is 14.1. The van der Waals surface area contributed by atoms with Gasteiger partial charge in [0.05, 0.1) is 4.90 Å².